The lowest BCUT2D eigenvalue weighted by atomic mass is 10.2. The predicted octanol–water partition coefficient (Wildman–Crippen LogP) is 3.34. The van der Waals surface area contributed by atoms with E-state index >= 15 is 0 Å². The molecule has 0 aliphatic rings. The van der Waals surface area contributed by atoms with Crippen LogP contribution in [0.5, 0.6) is 0 Å². The maximum atomic E-state index is 12.4. The van der Waals surface area contributed by atoms with E-state index in [1.54, 1.807) is 30.6 Å². The monoisotopic (exact) mass is 374 g/mol. The van der Waals surface area contributed by atoms with Crippen molar-refractivity contribution >= 4 is 43.0 Å². The lowest BCUT2D eigenvalue weighted by molar-refractivity contribution is 0.600. The number of nitrogens with one attached hydrogen (secondary N) is 2. The van der Waals surface area contributed by atoms with Gasteiger partial charge >= 0.3 is 0 Å². The van der Waals surface area contributed by atoms with Crippen LogP contribution in [-0.2, 0) is 16.6 Å². The Hall–Kier alpha value is -0.890. The second kappa shape index (κ2) is 6.26. The molecule has 7 heteroatoms. The summed E-state index contributed by atoms with van der Waals surface area (Å²) in [4.78, 5) is 1.12. The summed E-state index contributed by atoms with van der Waals surface area (Å²) in [5.74, 6) is 0. The van der Waals surface area contributed by atoms with Gasteiger partial charge in [-0.05, 0) is 43.1 Å². The van der Waals surface area contributed by atoms with Crippen molar-refractivity contribution in [3.63, 3.8) is 0 Å². The molecule has 20 heavy (non-hydrogen) atoms. The molecule has 0 saturated heterocycles. The van der Waals surface area contributed by atoms with Crippen molar-refractivity contribution in [3.05, 3.63) is 44.6 Å². The number of benzene rings is 1. The SMILES string of the molecule is CNCc1sccc1S(=O)(=O)Nc1ccc(C)c(Br)c1. The molecule has 0 unspecified atom stereocenters. The highest BCUT2D eigenvalue weighted by Crippen LogP contribution is 2.26. The molecule has 0 bridgehead atoms. The maximum absolute atomic E-state index is 12.4. The van der Waals surface area contributed by atoms with Crippen LogP contribution in [0.3, 0.4) is 0 Å². The highest BCUT2D eigenvalue weighted by Gasteiger charge is 2.19. The second-order valence-corrected chi connectivity index (χ2v) is 7.81. The number of sulfonamides is 1. The molecule has 0 atom stereocenters. The lowest BCUT2D eigenvalue weighted by Gasteiger charge is -2.10. The fraction of sp³-hybridized carbons (Fsp3) is 0.231. The van der Waals surface area contributed by atoms with E-state index in [0.717, 1.165) is 14.9 Å². The minimum Gasteiger partial charge on any atom is -0.315 e. The Labute approximate surface area is 131 Å². The second-order valence-electron chi connectivity index (χ2n) is 4.31. The largest absolute Gasteiger partial charge is 0.315 e. The van der Waals surface area contributed by atoms with E-state index in [9.17, 15) is 8.42 Å². The standard InChI is InChI=1S/C13H15BrN2O2S2/c1-9-3-4-10(7-11(9)14)16-20(17,18)13-5-6-19-12(13)8-15-2/h3-7,15-16H,8H2,1-2H3. The molecule has 1 heterocycles. The summed E-state index contributed by atoms with van der Waals surface area (Å²) < 4.78 is 28.3. The van der Waals surface area contributed by atoms with Gasteiger partial charge in [-0.2, -0.15) is 0 Å². The molecule has 0 aliphatic heterocycles. The first-order valence-corrected chi connectivity index (χ1v) is 9.09. The molecule has 4 nitrogen and oxygen atoms in total. The molecule has 0 amide bonds. The van der Waals surface area contributed by atoms with Crippen LogP contribution >= 0.6 is 27.3 Å². The average Bonchev–Trinajstić information content (AvgIpc) is 2.83. The van der Waals surface area contributed by atoms with Gasteiger partial charge in [0.25, 0.3) is 10.0 Å². The van der Waals surface area contributed by atoms with Gasteiger partial charge in [0.1, 0.15) is 4.90 Å². The van der Waals surface area contributed by atoms with Gasteiger partial charge in [0.05, 0.1) is 0 Å². The summed E-state index contributed by atoms with van der Waals surface area (Å²) in [7, 11) is -1.76. The number of hydrogen-bond donors (Lipinski definition) is 2. The van der Waals surface area contributed by atoms with Crippen LogP contribution in [0.1, 0.15) is 10.4 Å². The molecule has 0 spiro atoms. The average molecular weight is 375 g/mol. The van der Waals surface area contributed by atoms with Gasteiger partial charge < -0.3 is 5.32 Å². The molecule has 1 aromatic carbocycles. The minimum absolute atomic E-state index is 0.327. The Morgan fingerprint density at radius 2 is 2.05 bits per heavy atom. The van der Waals surface area contributed by atoms with E-state index in [0.29, 0.717) is 17.1 Å². The van der Waals surface area contributed by atoms with Crippen LogP contribution in [-0.4, -0.2) is 15.5 Å². The molecule has 0 radical (unpaired) electrons. The van der Waals surface area contributed by atoms with E-state index in [1.807, 2.05) is 13.0 Å². The molecule has 1 aromatic heterocycles. The molecule has 2 rings (SSSR count). The van der Waals surface area contributed by atoms with Crippen molar-refractivity contribution in [2.75, 3.05) is 11.8 Å². The van der Waals surface area contributed by atoms with Crippen LogP contribution in [0.25, 0.3) is 0 Å². The smallest absolute Gasteiger partial charge is 0.263 e. The number of hydrogen-bond acceptors (Lipinski definition) is 4. The third-order valence-electron chi connectivity index (χ3n) is 2.76. The topological polar surface area (TPSA) is 58.2 Å². The normalized spacial score (nSPS) is 11.6. The number of thiophene rings is 1. The Kier molecular flexibility index (Phi) is 4.85. The van der Waals surface area contributed by atoms with Gasteiger partial charge in [-0.15, -0.1) is 11.3 Å². The molecule has 108 valence electrons. The van der Waals surface area contributed by atoms with Crippen molar-refractivity contribution in [2.24, 2.45) is 0 Å². The zero-order chi connectivity index (χ0) is 14.8. The number of halogens is 1. The fourth-order valence-corrected chi connectivity index (χ4v) is 4.61. The third kappa shape index (κ3) is 3.41. The van der Waals surface area contributed by atoms with Gasteiger partial charge in [0.2, 0.25) is 0 Å². The van der Waals surface area contributed by atoms with Crippen LogP contribution in [0.4, 0.5) is 5.69 Å². The Bertz CT molecular complexity index is 711. The molecule has 0 fully saturated rings. The molecular weight excluding hydrogens is 360 g/mol. The third-order valence-corrected chi connectivity index (χ3v) is 6.13. The zero-order valence-corrected chi connectivity index (χ0v) is 14.3. The van der Waals surface area contributed by atoms with Crippen molar-refractivity contribution < 1.29 is 8.42 Å². The number of aryl methyl sites for hydroxylation is 1. The Morgan fingerprint density at radius 3 is 2.70 bits per heavy atom. The summed E-state index contributed by atoms with van der Waals surface area (Å²) in [5.41, 5.74) is 1.60. The van der Waals surface area contributed by atoms with Gasteiger partial charge in [0, 0.05) is 21.6 Å². The van der Waals surface area contributed by atoms with Crippen LogP contribution in [0.15, 0.2) is 39.0 Å². The van der Waals surface area contributed by atoms with E-state index in [1.165, 1.54) is 11.3 Å². The lowest BCUT2D eigenvalue weighted by Crippen LogP contribution is -2.15. The Morgan fingerprint density at radius 1 is 1.30 bits per heavy atom. The first kappa shape index (κ1) is 15.5. The number of anilines is 1. The zero-order valence-electron chi connectivity index (χ0n) is 11.1. The predicted molar refractivity (Wildman–Crippen MR) is 86.8 cm³/mol. The minimum atomic E-state index is -3.55. The summed E-state index contributed by atoms with van der Waals surface area (Å²) in [5, 5.41) is 4.76. The maximum Gasteiger partial charge on any atom is 0.263 e. The summed E-state index contributed by atoms with van der Waals surface area (Å²) in [6, 6.07) is 7.01. The summed E-state index contributed by atoms with van der Waals surface area (Å²) in [6.45, 7) is 2.48. The Balaban J connectivity index is 2.30. The van der Waals surface area contributed by atoms with Crippen molar-refractivity contribution in [1.82, 2.24) is 5.32 Å². The highest BCUT2D eigenvalue weighted by atomic mass is 79.9. The van der Waals surface area contributed by atoms with Crippen molar-refractivity contribution in [1.29, 1.82) is 0 Å². The van der Waals surface area contributed by atoms with Crippen LogP contribution < -0.4 is 10.0 Å². The van der Waals surface area contributed by atoms with E-state index in [2.05, 4.69) is 26.0 Å². The van der Waals surface area contributed by atoms with Gasteiger partial charge in [-0.3, -0.25) is 4.72 Å². The molecule has 2 N–H and O–H groups in total. The van der Waals surface area contributed by atoms with Crippen molar-refractivity contribution in [3.8, 4) is 0 Å². The summed E-state index contributed by atoms with van der Waals surface area (Å²) >= 11 is 4.83. The van der Waals surface area contributed by atoms with Gasteiger partial charge in [0.15, 0.2) is 0 Å². The van der Waals surface area contributed by atoms with E-state index in [-0.39, 0.29) is 0 Å². The van der Waals surface area contributed by atoms with Crippen LogP contribution in [0, 0.1) is 6.92 Å². The van der Waals surface area contributed by atoms with Crippen LogP contribution in [0.2, 0.25) is 0 Å². The van der Waals surface area contributed by atoms with Crippen molar-refractivity contribution in [2.45, 2.75) is 18.4 Å². The highest BCUT2D eigenvalue weighted by molar-refractivity contribution is 9.10. The summed E-state index contributed by atoms with van der Waals surface area (Å²) in [6.07, 6.45) is 0. The number of rotatable bonds is 5. The van der Waals surface area contributed by atoms with Gasteiger partial charge in [-0.25, -0.2) is 8.42 Å². The quantitative estimate of drug-likeness (QED) is 0.843. The first-order chi connectivity index (χ1) is 9.44. The molecular formula is C13H15BrN2O2S2. The van der Waals surface area contributed by atoms with E-state index < -0.39 is 10.0 Å². The molecule has 2 aromatic rings. The molecule has 0 saturated carbocycles. The fourth-order valence-electron chi connectivity index (χ4n) is 1.72. The van der Waals surface area contributed by atoms with Gasteiger partial charge in [-0.1, -0.05) is 22.0 Å². The first-order valence-electron chi connectivity index (χ1n) is 5.94. The van der Waals surface area contributed by atoms with E-state index in [4.69, 9.17) is 0 Å². The molecule has 0 aliphatic carbocycles.